The molecule has 0 bridgehead atoms. The van der Waals surface area contributed by atoms with Crippen molar-refractivity contribution in [3.63, 3.8) is 0 Å². The predicted octanol–water partition coefficient (Wildman–Crippen LogP) is 1.18. The van der Waals surface area contributed by atoms with Crippen molar-refractivity contribution in [2.75, 3.05) is 20.6 Å². The van der Waals surface area contributed by atoms with Gasteiger partial charge in [-0.15, -0.1) is 0 Å². The molecule has 1 aromatic rings. The average molecular weight is 283 g/mol. The first-order chi connectivity index (χ1) is 9.35. The summed E-state index contributed by atoms with van der Waals surface area (Å²) >= 11 is 0. The van der Waals surface area contributed by atoms with Crippen LogP contribution in [-0.2, 0) is 4.79 Å². The largest absolute Gasteiger partial charge is 0.353 e. The topological polar surface area (TPSA) is 58.4 Å². The maximum atomic E-state index is 13.8. The molecular formula is C14H19F2N3O. The first-order valence-electron chi connectivity index (χ1n) is 6.52. The zero-order valence-electron chi connectivity index (χ0n) is 11.6. The minimum atomic E-state index is -0.787. The number of hydrogen-bond acceptors (Lipinski definition) is 3. The Hall–Kier alpha value is -1.53. The summed E-state index contributed by atoms with van der Waals surface area (Å²) in [4.78, 5) is 13.5. The molecule has 1 amide bonds. The molecule has 0 spiro atoms. The van der Waals surface area contributed by atoms with Crippen molar-refractivity contribution in [1.29, 1.82) is 0 Å². The van der Waals surface area contributed by atoms with E-state index in [2.05, 4.69) is 5.32 Å². The molecule has 0 heterocycles. The van der Waals surface area contributed by atoms with Crippen LogP contribution in [0.5, 0.6) is 0 Å². The maximum absolute atomic E-state index is 13.8. The van der Waals surface area contributed by atoms with E-state index in [0.717, 1.165) is 0 Å². The molecule has 1 aliphatic carbocycles. The highest BCUT2D eigenvalue weighted by atomic mass is 19.1. The number of nitrogens with zero attached hydrogens (tertiary/aromatic N) is 1. The normalized spacial score (nSPS) is 17.9. The number of nitrogens with one attached hydrogen (secondary N) is 1. The number of carbonyl (C=O) groups is 1. The van der Waals surface area contributed by atoms with Crippen LogP contribution in [0.3, 0.4) is 0 Å². The Labute approximate surface area is 116 Å². The van der Waals surface area contributed by atoms with E-state index < -0.39 is 23.2 Å². The fourth-order valence-electron chi connectivity index (χ4n) is 2.10. The average Bonchev–Trinajstić information content (AvgIpc) is 3.11. The maximum Gasteiger partial charge on any atom is 0.240 e. The standard InChI is InChI=1S/C14H19F2N3O/c1-19(2)11(8-18-13(20)14(17)6-7-14)12-9(15)4-3-5-10(12)16/h3-5,11H,6-8,17H2,1-2H3,(H,18,20). The summed E-state index contributed by atoms with van der Waals surface area (Å²) in [5.74, 6) is -1.50. The van der Waals surface area contributed by atoms with Gasteiger partial charge >= 0.3 is 0 Å². The van der Waals surface area contributed by atoms with E-state index in [9.17, 15) is 13.6 Å². The minimum Gasteiger partial charge on any atom is -0.353 e. The number of benzene rings is 1. The van der Waals surface area contributed by atoms with E-state index in [1.165, 1.54) is 18.2 Å². The second-order valence-electron chi connectivity index (χ2n) is 5.48. The third-order valence-corrected chi connectivity index (χ3v) is 3.65. The van der Waals surface area contributed by atoms with Crippen LogP contribution in [0, 0.1) is 11.6 Å². The van der Waals surface area contributed by atoms with Crippen molar-refractivity contribution >= 4 is 5.91 Å². The van der Waals surface area contributed by atoms with Gasteiger partial charge in [0.05, 0.1) is 11.6 Å². The highest BCUT2D eigenvalue weighted by Gasteiger charge is 2.46. The van der Waals surface area contributed by atoms with Crippen molar-refractivity contribution in [3.8, 4) is 0 Å². The Morgan fingerprint density at radius 3 is 2.40 bits per heavy atom. The lowest BCUT2D eigenvalue weighted by molar-refractivity contribution is -0.123. The van der Waals surface area contributed by atoms with Gasteiger partial charge in [0.15, 0.2) is 0 Å². The van der Waals surface area contributed by atoms with Crippen LogP contribution in [0.1, 0.15) is 24.4 Å². The summed E-state index contributed by atoms with van der Waals surface area (Å²) in [5, 5.41) is 2.68. The molecule has 2 rings (SSSR count). The Morgan fingerprint density at radius 1 is 1.40 bits per heavy atom. The van der Waals surface area contributed by atoms with Gasteiger partial charge in [-0.25, -0.2) is 8.78 Å². The number of amides is 1. The molecule has 0 aliphatic heterocycles. The van der Waals surface area contributed by atoms with Crippen LogP contribution >= 0.6 is 0 Å². The Kier molecular flexibility index (Phi) is 4.06. The molecule has 1 atom stereocenters. The quantitative estimate of drug-likeness (QED) is 0.853. The number of likely N-dealkylation sites (N-methyl/N-ethyl adjacent to an activating group) is 1. The third-order valence-electron chi connectivity index (χ3n) is 3.65. The van der Waals surface area contributed by atoms with Gasteiger partial charge in [-0.3, -0.25) is 4.79 Å². The summed E-state index contributed by atoms with van der Waals surface area (Å²) in [7, 11) is 3.41. The van der Waals surface area contributed by atoms with Crippen LogP contribution in [0.15, 0.2) is 18.2 Å². The summed E-state index contributed by atoms with van der Waals surface area (Å²) in [5.41, 5.74) is 4.95. The van der Waals surface area contributed by atoms with E-state index in [1.807, 2.05) is 0 Å². The zero-order chi connectivity index (χ0) is 14.9. The smallest absolute Gasteiger partial charge is 0.240 e. The highest BCUT2D eigenvalue weighted by molar-refractivity contribution is 5.88. The van der Waals surface area contributed by atoms with Crippen LogP contribution in [0.2, 0.25) is 0 Å². The highest BCUT2D eigenvalue weighted by Crippen LogP contribution is 2.32. The molecule has 1 aliphatic rings. The van der Waals surface area contributed by atoms with Gasteiger partial charge in [-0.05, 0) is 39.1 Å². The molecule has 4 nitrogen and oxygen atoms in total. The number of halogens is 2. The van der Waals surface area contributed by atoms with Gasteiger partial charge in [-0.2, -0.15) is 0 Å². The number of nitrogens with two attached hydrogens (primary N) is 1. The predicted molar refractivity (Wildman–Crippen MR) is 71.9 cm³/mol. The van der Waals surface area contributed by atoms with Crippen LogP contribution < -0.4 is 11.1 Å². The van der Waals surface area contributed by atoms with Crippen LogP contribution in [-0.4, -0.2) is 37.0 Å². The van der Waals surface area contributed by atoms with Crippen molar-refractivity contribution in [3.05, 3.63) is 35.4 Å². The van der Waals surface area contributed by atoms with Crippen molar-refractivity contribution in [2.24, 2.45) is 5.73 Å². The third kappa shape index (κ3) is 2.96. The van der Waals surface area contributed by atoms with Gasteiger partial charge < -0.3 is 16.0 Å². The van der Waals surface area contributed by atoms with Gasteiger partial charge in [0, 0.05) is 12.1 Å². The summed E-state index contributed by atoms with van der Waals surface area (Å²) < 4.78 is 27.7. The lowest BCUT2D eigenvalue weighted by atomic mass is 10.0. The van der Waals surface area contributed by atoms with E-state index >= 15 is 0 Å². The first kappa shape index (κ1) is 14.9. The molecular weight excluding hydrogens is 264 g/mol. The molecule has 0 saturated heterocycles. The molecule has 20 heavy (non-hydrogen) atoms. The van der Waals surface area contributed by atoms with Crippen molar-refractivity contribution < 1.29 is 13.6 Å². The lowest BCUT2D eigenvalue weighted by Gasteiger charge is -2.26. The summed E-state index contributed by atoms with van der Waals surface area (Å²) in [6.45, 7) is 0.114. The fraction of sp³-hybridized carbons (Fsp3) is 0.500. The van der Waals surface area contributed by atoms with E-state index in [1.54, 1.807) is 19.0 Å². The monoisotopic (exact) mass is 283 g/mol. The molecule has 110 valence electrons. The van der Waals surface area contributed by atoms with E-state index in [4.69, 9.17) is 5.73 Å². The second-order valence-corrected chi connectivity index (χ2v) is 5.48. The molecule has 0 aromatic heterocycles. The lowest BCUT2D eigenvalue weighted by Crippen LogP contribution is -2.45. The molecule has 1 fully saturated rings. The number of hydrogen-bond donors (Lipinski definition) is 2. The molecule has 6 heteroatoms. The van der Waals surface area contributed by atoms with Gasteiger partial charge in [0.1, 0.15) is 11.6 Å². The van der Waals surface area contributed by atoms with Gasteiger partial charge in [0.2, 0.25) is 5.91 Å². The zero-order valence-corrected chi connectivity index (χ0v) is 11.6. The second kappa shape index (κ2) is 5.46. The van der Waals surface area contributed by atoms with Crippen LogP contribution in [0.25, 0.3) is 0 Å². The first-order valence-corrected chi connectivity index (χ1v) is 6.52. The fourth-order valence-corrected chi connectivity index (χ4v) is 2.10. The Morgan fingerprint density at radius 2 is 1.95 bits per heavy atom. The molecule has 1 unspecified atom stereocenters. The van der Waals surface area contributed by atoms with Gasteiger partial charge in [0.25, 0.3) is 0 Å². The molecule has 3 N–H and O–H groups in total. The van der Waals surface area contributed by atoms with Crippen molar-refractivity contribution in [1.82, 2.24) is 10.2 Å². The van der Waals surface area contributed by atoms with Gasteiger partial charge in [-0.1, -0.05) is 6.07 Å². The summed E-state index contributed by atoms with van der Waals surface area (Å²) in [6, 6.07) is 3.16. The molecule has 0 radical (unpaired) electrons. The Balaban J connectivity index is 2.13. The van der Waals surface area contributed by atoms with Crippen LogP contribution in [0.4, 0.5) is 8.78 Å². The molecule has 1 saturated carbocycles. The minimum absolute atomic E-state index is 0.0420. The Bertz CT molecular complexity index is 495. The van der Waals surface area contributed by atoms with E-state index in [-0.39, 0.29) is 18.0 Å². The van der Waals surface area contributed by atoms with Crippen molar-refractivity contribution in [2.45, 2.75) is 24.4 Å². The van der Waals surface area contributed by atoms with E-state index in [0.29, 0.717) is 12.8 Å². The number of rotatable bonds is 5. The summed E-state index contributed by atoms with van der Waals surface area (Å²) in [6.07, 6.45) is 1.30. The molecule has 1 aromatic carbocycles. The SMILES string of the molecule is CN(C)C(CNC(=O)C1(N)CC1)c1c(F)cccc1F. The number of carbonyl (C=O) groups excluding carboxylic acids is 1.